The predicted molar refractivity (Wildman–Crippen MR) is 130 cm³/mol. The average Bonchev–Trinajstić information content (AvgIpc) is 3.14. The number of ether oxygens (including phenoxy) is 1. The molecule has 10 heteroatoms. The van der Waals surface area contributed by atoms with Crippen molar-refractivity contribution in [3.05, 3.63) is 47.2 Å². The molecular formula is C25H30N6O4. The van der Waals surface area contributed by atoms with Crippen LogP contribution in [0.25, 0.3) is 0 Å². The topological polar surface area (TPSA) is 99.2 Å². The maximum atomic E-state index is 12.8. The molecule has 1 aromatic carbocycles. The summed E-state index contributed by atoms with van der Waals surface area (Å²) in [6.45, 7) is 7.78. The fourth-order valence-corrected chi connectivity index (χ4v) is 4.78. The van der Waals surface area contributed by atoms with E-state index in [0.717, 1.165) is 24.6 Å². The summed E-state index contributed by atoms with van der Waals surface area (Å²) >= 11 is 0. The first-order valence-electron chi connectivity index (χ1n) is 12.2. The SMILES string of the molecule is Cc1cc(N2CCOCC2)nc(N2CCN(C(=O)CCCN3C(=O)c4ccccc4C3=O)CC2)n1. The standard InChI is InChI=1S/C25H30N6O4/c1-18-17-21(28-13-15-35-16-14-28)27-25(26-18)30-11-9-29(10-12-30)22(32)7-4-8-31-23(33)19-5-2-3-6-20(19)24(31)34/h2-3,5-6,17H,4,7-16H2,1H3. The number of piperazine rings is 1. The zero-order valence-electron chi connectivity index (χ0n) is 20.0. The van der Waals surface area contributed by atoms with Gasteiger partial charge >= 0.3 is 0 Å². The number of hydrogen-bond donors (Lipinski definition) is 0. The van der Waals surface area contributed by atoms with Crippen molar-refractivity contribution < 1.29 is 19.1 Å². The number of benzene rings is 1. The summed E-state index contributed by atoms with van der Waals surface area (Å²) in [4.78, 5) is 54.6. The van der Waals surface area contributed by atoms with Crippen molar-refractivity contribution in [1.82, 2.24) is 19.8 Å². The quantitative estimate of drug-likeness (QED) is 0.574. The van der Waals surface area contributed by atoms with Crippen LogP contribution in [0.2, 0.25) is 0 Å². The predicted octanol–water partition coefficient (Wildman–Crippen LogP) is 1.35. The molecule has 3 aliphatic rings. The molecule has 3 aliphatic heterocycles. The second-order valence-corrected chi connectivity index (χ2v) is 9.05. The molecule has 0 bridgehead atoms. The molecule has 5 rings (SSSR count). The van der Waals surface area contributed by atoms with Gasteiger partial charge < -0.3 is 19.4 Å². The molecule has 3 amide bonds. The van der Waals surface area contributed by atoms with Gasteiger partial charge in [0.1, 0.15) is 5.82 Å². The minimum atomic E-state index is -0.277. The number of imide groups is 1. The minimum absolute atomic E-state index is 0.0421. The molecule has 2 fully saturated rings. The number of hydrogen-bond acceptors (Lipinski definition) is 8. The zero-order chi connectivity index (χ0) is 24.4. The number of anilines is 2. The first kappa shape index (κ1) is 23.2. The summed E-state index contributed by atoms with van der Waals surface area (Å²) < 4.78 is 5.45. The number of carbonyl (C=O) groups is 3. The van der Waals surface area contributed by atoms with Crippen molar-refractivity contribution in [2.24, 2.45) is 0 Å². The molecule has 2 saturated heterocycles. The Morgan fingerprint density at radius 2 is 1.57 bits per heavy atom. The molecule has 35 heavy (non-hydrogen) atoms. The summed E-state index contributed by atoms with van der Waals surface area (Å²) in [5.74, 6) is 1.11. The van der Waals surface area contributed by atoms with E-state index in [1.54, 1.807) is 24.3 Å². The molecule has 184 valence electrons. The number of aryl methyl sites for hydroxylation is 1. The highest BCUT2D eigenvalue weighted by atomic mass is 16.5. The lowest BCUT2D eigenvalue weighted by Gasteiger charge is -2.35. The van der Waals surface area contributed by atoms with Crippen LogP contribution in [0, 0.1) is 6.92 Å². The summed E-state index contributed by atoms with van der Waals surface area (Å²) in [7, 11) is 0. The maximum Gasteiger partial charge on any atom is 0.261 e. The molecule has 10 nitrogen and oxygen atoms in total. The molecule has 0 spiro atoms. The Bertz CT molecular complexity index is 1090. The van der Waals surface area contributed by atoms with E-state index in [9.17, 15) is 14.4 Å². The third-order valence-corrected chi connectivity index (χ3v) is 6.73. The molecule has 0 unspecified atom stereocenters. The minimum Gasteiger partial charge on any atom is -0.378 e. The van der Waals surface area contributed by atoms with E-state index in [0.29, 0.717) is 69.3 Å². The van der Waals surface area contributed by atoms with Gasteiger partial charge in [-0.25, -0.2) is 4.98 Å². The Balaban J connectivity index is 1.11. The molecule has 0 aliphatic carbocycles. The summed E-state index contributed by atoms with van der Waals surface area (Å²) in [6.07, 6.45) is 0.754. The smallest absolute Gasteiger partial charge is 0.261 e. The van der Waals surface area contributed by atoms with Crippen molar-refractivity contribution in [1.29, 1.82) is 0 Å². The molecule has 0 radical (unpaired) electrons. The first-order valence-corrected chi connectivity index (χ1v) is 12.2. The van der Waals surface area contributed by atoms with E-state index in [4.69, 9.17) is 9.72 Å². The Kier molecular flexibility index (Phi) is 6.63. The number of amides is 3. The molecule has 4 heterocycles. The van der Waals surface area contributed by atoms with Gasteiger partial charge in [-0.3, -0.25) is 19.3 Å². The van der Waals surface area contributed by atoms with E-state index in [-0.39, 0.29) is 24.3 Å². The van der Waals surface area contributed by atoms with Crippen molar-refractivity contribution >= 4 is 29.5 Å². The number of carbonyl (C=O) groups excluding carboxylic acids is 3. The van der Waals surface area contributed by atoms with Gasteiger partial charge in [0.25, 0.3) is 11.8 Å². The highest BCUT2D eigenvalue weighted by Crippen LogP contribution is 2.23. The van der Waals surface area contributed by atoms with E-state index < -0.39 is 0 Å². The van der Waals surface area contributed by atoms with Gasteiger partial charge in [0.15, 0.2) is 0 Å². The number of fused-ring (bicyclic) bond motifs is 1. The second kappa shape index (κ2) is 9.99. The van der Waals surface area contributed by atoms with Gasteiger partial charge in [0, 0.05) is 64.0 Å². The fraction of sp³-hybridized carbons (Fsp3) is 0.480. The normalized spacial score (nSPS) is 18.3. The molecule has 0 atom stereocenters. The number of morpholine rings is 1. The largest absolute Gasteiger partial charge is 0.378 e. The Morgan fingerprint density at radius 3 is 2.23 bits per heavy atom. The highest BCUT2D eigenvalue weighted by molar-refractivity contribution is 6.21. The van der Waals surface area contributed by atoms with Crippen LogP contribution in [0.1, 0.15) is 39.3 Å². The lowest BCUT2D eigenvalue weighted by atomic mass is 10.1. The Labute approximate surface area is 204 Å². The van der Waals surface area contributed by atoms with Crippen molar-refractivity contribution in [3.8, 4) is 0 Å². The van der Waals surface area contributed by atoms with Gasteiger partial charge in [-0.15, -0.1) is 0 Å². The van der Waals surface area contributed by atoms with E-state index in [1.807, 2.05) is 17.9 Å². The van der Waals surface area contributed by atoms with Crippen LogP contribution in [0.5, 0.6) is 0 Å². The zero-order valence-corrected chi connectivity index (χ0v) is 20.0. The Hall–Kier alpha value is -3.53. The lowest BCUT2D eigenvalue weighted by molar-refractivity contribution is -0.131. The number of rotatable bonds is 6. The summed E-state index contributed by atoms with van der Waals surface area (Å²) in [5, 5.41) is 0. The number of aromatic nitrogens is 2. The summed E-state index contributed by atoms with van der Waals surface area (Å²) in [6, 6.07) is 8.84. The van der Waals surface area contributed by atoms with Crippen LogP contribution in [0.3, 0.4) is 0 Å². The molecule has 0 saturated carbocycles. The van der Waals surface area contributed by atoms with Crippen LogP contribution in [0.15, 0.2) is 30.3 Å². The third-order valence-electron chi connectivity index (χ3n) is 6.73. The maximum absolute atomic E-state index is 12.8. The van der Waals surface area contributed by atoms with Gasteiger partial charge in [-0.1, -0.05) is 12.1 Å². The summed E-state index contributed by atoms with van der Waals surface area (Å²) in [5.41, 5.74) is 1.80. The molecular weight excluding hydrogens is 448 g/mol. The van der Waals surface area contributed by atoms with E-state index in [2.05, 4.69) is 14.8 Å². The second-order valence-electron chi connectivity index (χ2n) is 9.05. The lowest BCUT2D eigenvalue weighted by Crippen LogP contribution is -2.49. The van der Waals surface area contributed by atoms with E-state index >= 15 is 0 Å². The molecule has 0 N–H and O–H groups in total. The van der Waals surface area contributed by atoms with Crippen molar-refractivity contribution in [2.75, 3.05) is 68.8 Å². The highest BCUT2D eigenvalue weighted by Gasteiger charge is 2.34. The Morgan fingerprint density at radius 1 is 0.914 bits per heavy atom. The fourth-order valence-electron chi connectivity index (χ4n) is 4.78. The van der Waals surface area contributed by atoms with Gasteiger partial charge in [0.05, 0.1) is 24.3 Å². The van der Waals surface area contributed by atoms with Crippen molar-refractivity contribution in [2.45, 2.75) is 19.8 Å². The van der Waals surface area contributed by atoms with Gasteiger partial charge in [0.2, 0.25) is 11.9 Å². The monoisotopic (exact) mass is 478 g/mol. The van der Waals surface area contributed by atoms with Crippen LogP contribution < -0.4 is 9.80 Å². The van der Waals surface area contributed by atoms with Crippen LogP contribution in [0.4, 0.5) is 11.8 Å². The van der Waals surface area contributed by atoms with Crippen molar-refractivity contribution in [3.63, 3.8) is 0 Å². The van der Waals surface area contributed by atoms with Crippen LogP contribution >= 0.6 is 0 Å². The van der Waals surface area contributed by atoms with Crippen LogP contribution in [-0.4, -0.2) is 96.5 Å². The molecule has 1 aromatic heterocycles. The molecule has 2 aromatic rings. The third kappa shape index (κ3) is 4.84. The van der Waals surface area contributed by atoms with Crippen LogP contribution in [-0.2, 0) is 9.53 Å². The number of nitrogens with zero attached hydrogens (tertiary/aromatic N) is 6. The van der Waals surface area contributed by atoms with E-state index in [1.165, 1.54) is 4.90 Å². The first-order chi connectivity index (χ1) is 17.0. The van der Waals surface area contributed by atoms with Gasteiger partial charge in [-0.2, -0.15) is 4.98 Å². The average molecular weight is 479 g/mol. The van der Waals surface area contributed by atoms with Gasteiger partial charge in [-0.05, 0) is 25.5 Å².